The Bertz CT molecular complexity index is 1120. The van der Waals surface area contributed by atoms with Gasteiger partial charge in [0.1, 0.15) is 10.6 Å². The number of methoxy groups -OCH3 is 1. The Hall–Kier alpha value is -3.27. The first-order valence-corrected chi connectivity index (χ1v) is 11.8. The van der Waals surface area contributed by atoms with E-state index in [0.717, 1.165) is 36.3 Å². The fourth-order valence-corrected chi connectivity index (χ4v) is 4.31. The van der Waals surface area contributed by atoms with E-state index in [1.54, 1.807) is 37.5 Å². The molecule has 0 spiro atoms. The Morgan fingerprint density at radius 1 is 1.18 bits per heavy atom. The van der Waals surface area contributed by atoms with Crippen molar-refractivity contribution in [1.29, 1.82) is 0 Å². The summed E-state index contributed by atoms with van der Waals surface area (Å²) in [6, 6.07) is 7.38. The van der Waals surface area contributed by atoms with Gasteiger partial charge in [0, 0.05) is 12.6 Å². The molecule has 0 saturated heterocycles. The van der Waals surface area contributed by atoms with Gasteiger partial charge in [-0.3, -0.25) is 9.69 Å². The summed E-state index contributed by atoms with van der Waals surface area (Å²) >= 11 is 1.16. The molecule has 0 unspecified atom stereocenters. The highest BCUT2D eigenvalue weighted by molar-refractivity contribution is 7.17. The van der Waals surface area contributed by atoms with Gasteiger partial charge in [-0.2, -0.15) is 0 Å². The third kappa shape index (κ3) is 5.39. The number of amides is 1. The molecule has 2 aromatic heterocycles. The highest BCUT2D eigenvalue weighted by atomic mass is 32.1. The van der Waals surface area contributed by atoms with Crippen LogP contribution < -0.4 is 9.64 Å². The zero-order valence-electron chi connectivity index (χ0n) is 19.6. The number of esters is 1. The third-order valence-electron chi connectivity index (χ3n) is 5.10. The minimum atomic E-state index is -0.431. The lowest BCUT2D eigenvalue weighted by Crippen LogP contribution is -2.32. The number of thiazole rings is 1. The van der Waals surface area contributed by atoms with Crippen molar-refractivity contribution in [2.75, 3.05) is 25.2 Å². The van der Waals surface area contributed by atoms with E-state index in [-0.39, 0.29) is 18.2 Å². The number of hydrogen-bond acceptors (Lipinski definition) is 8. The van der Waals surface area contributed by atoms with Gasteiger partial charge in [-0.25, -0.2) is 14.5 Å². The molecule has 10 heteroatoms. The standard InChI is InChI=1S/C23H29N5O4S/c1-6-8-9-13-27(23-24-15(3)20(33-23)22(30)32-7-2)21(29)19-16(4)28(26-25-19)17-11-10-12-18(14-17)31-5/h10-12,14H,6-9,13H2,1-5H3. The fraction of sp³-hybridized carbons (Fsp3) is 0.435. The lowest BCUT2D eigenvalue weighted by Gasteiger charge is -2.19. The van der Waals surface area contributed by atoms with Crippen molar-refractivity contribution in [3.63, 3.8) is 0 Å². The molecule has 2 heterocycles. The topological polar surface area (TPSA) is 99.4 Å². The Kier molecular flexibility index (Phi) is 8.16. The Labute approximate surface area is 197 Å². The van der Waals surface area contributed by atoms with Crippen LogP contribution in [0.3, 0.4) is 0 Å². The van der Waals surface area contributed by atoms with Crippen LogP contribution in [0.1, 0.15) is 64.7 Å². The molecule has 0 fully saturated rings. The van der Waals surface area contributed by atoms with Crippen LogP contribution in [0.15, 0.2) is 24.3 Å². The maximum absolute atomic E-state index is 13.6. The number of hydrogen-bond donors (Lipinski definition) is 0. The van der Waals surface area contributed by atoms with Crippen LogP contribution in [0.25, 0.3) is 5.69 Å². The van der Waals surface area contributed by atoms with Gasteiger partial charge in [-0.1, -0.05) is 42.4 Å². The van der Waals surface area contributed by atoms with Gasteiger partial charge in [-0.15, -0.1) is 5.10 Å². The largest absolute Gasteiger partial charge is 0.497 e. The first kappa shape index (κ1) is 24.4. The Morgan fingerprint density at radius 3 is 2.67 bits per heavy atom. The highest BCUT2D eigenvalue weighted by Crippen LogP contribution is 2.29. The van der Waals surface area contributed by atoms with Gasteiger partial charge >= 0.3 is 5.97 Å². The van der Waals surface area contributed by atoms with Crippen molar-refractivity contribution < 1.29 is 19.1 Å². The average molecular weight is 472 g/mol. The van der Waals surface area contributed by atoms with Gasteiger partial charge in [0.2, 0.25) is 0 Å². The van der Waals surface area contributed by atoms with E-state index in [1.807, 2.05) is 24.3 Å². The van der Waals surface area contributed by atoms with Crippen molar-refractivity contribution in [2.24, 2.45) is 0 Å². The number of carbonyl (C=O) groups excluding carboxylic acids is 2. The SMILES string of the molecule is CCCCCN(C(=O)c1nnn(-c2cccc(OC)c2)c1C)c1nc(C)c(C(=O)OCC)s1. The Balaban J connectivity index is 1.95. The molecule has 3 rings (SSSR count). The van der Waals surface area contributed by atoms with E-state index >= 15 is 0 Å². The molecule has 9 nitrogen and oxygen atoms in total. The summed E-state index contributed by atoms with van der Waals surface area (Å²) in [5.74, 6) is -0.0528. The molecule has 0 radical (unpaired) electrons. The van der Waals surface area contributed by atoms with Gasteiger partial charge < -0.3 is 9.47 Å². The molecule has 0 aliphatic rings. The highest BCUT2D eigenvalue weighted by Gasteiger charge is 2.28. The van der Waals surface area contributed by atoms with Gasteiger partial charge in [-0.05, 0) is 39.3 Å². The molecule has 0 bridgehead atoms. The van der Waals surface area contributed by atoms with E-state index < -0.39 is 5.97 Å². The van der Waals surface area contributed by atoms with Gasteiger partial charge in [0.25, 0.3) is 5.91 Å². The van der Waals surface area contributed by atoms with E-state index in [1.165, 1.54) is 0 Å². The number of aryl methyl sites for hydroxylation is 1. The first-order valence-electron chi connectivity index (χ1n) is 10.9. The van der Waals surface area contributed by atoms with Crippen molar-refractivity contribution >= 4 is 28.3 Å². The molecule has 0 aliphatic heterocycles. The number of nitrogens with zero attached hydrogens (tertiary/aromatic N) is 5. The van der Waals surface area contributed by atoms with Crippen LogP contribution in [-0.2, 0) is 4.74 Å². The monoisotopic (exact) mass is 471 g/mol. The van der Waals surface area contributed by atoms with E-state index in [0.29, 0.717) is 33.7 Å². The third-order valence-corrected chi connectivity index (χ3v) is 6.26. The smallest absolute Gasteiger partial charge is 0.350 e. The number of benzene rings is 1. The molecule has 176 valence electrons. The summed E-state index contributed by atoms with van der Waals surface area (Å²) in [4.78, 5) is 32.4. The Morgan fingerprint density at radius 2 is 1.97 bits per heavy atom. The normalized spacial score (nSPS) is 10.8. The quantitative estimate of drug-likeness (QED) is 0.320. The summed E-state index contributed by atoms with van der Waals surface area (Å²) in [5, 5.41) is 8.84. The second-order valence-corrected chi connectivity index (χ2v) is 8.41. The summed E-state index contributed by atoms with van der Waals surface area (Å²) in [6.07, 6.45) is 2.78. The lowest BCUT2D eigenvalue weighted by atomic mass is 10.2. The predicted octanol–water partition coefficient (Wildman–Crippen LogP) is 4.36. The second-order valence-electron chi connectivity index (χ2n) is 7.43. The minimum Gasteiger partial charge on any atom is -0.497 e. The summed E-state index contributed by atoms with van der Waals surface area (Å²) in [5.41, 5.74) is 2.12. The van der Waals surface area contributed by atoms with Crippen LogP contribution in [0.5, 0.6) is 5.75 Å². The number of unbranched alkanes of at least 4 members (excludes halogenated alkanes) is 2. The van der Waals surface area contributed by atoms with Gasteiger partial charge in [0.15, 0.2) is 10.8 Å². The van der Waals surface area contributed by atoms with Gasteiger partial charge in [0.05, 0.1) is 30.8 Å². The number of ether oxygens (including phenoxy) is 2. The van der Waals surface area contributed by atoms with E-state index in [9.17, 15) is 9.59 Å². The van der Waals surface area contributed by atoms with Crippen molar-refractivity contribution in [3.8, 4) is 11.4 Å². The molecular formula is C23H29N5O4S. The number of aromatic nitrogens is 4. The average Bonchev–Trinajstić information content (AvgIpc) is 3.39. The van der Waals surface area contributed by atoms with Crippen LogP contribution in [-0.4, -0.2) is 52.1 Å². The molecule has 1 amide bonds. The molecule has 0 atom stereocenters. The number of carbonyl (C=O) groups is 2. The molecule has 0 N–H and O–H groups in total. The van der Waals surface area contributed by atoms with Crippen LogP contribution in [0.2, 0.25) is 0 Å². The summed E-state index contributed by atoms with van der Waals surface area (Å²) in [6.45, 7) is 8.14. The fourth-order valence-electron chi connectivity index (χ4n) is 3.33. The second kappa shape index (κ2) is 11.0. The maximum atomic E-state index is 13.6. The molecule has 1 aromatic carbocycles. The van der Waals surface area contributed by atoms with E-state index in [2.05, 4.69) is 22.2 Å². The van der Waals surface area contributed by atoms with Crippen molar-refractivity contribution in [3.05, 3.63) is 46.2 Å². The predicted molar refractivity (Wildman–Crippen MR) is 127 cm³/mol. The summed E-state index contributed by atoms with van der Waals surface area (Å²) < 4.78 is 12.0. The van der Waals surface area contributed by atoms with Crippen LogP contribution >= 0.6 is 11.3 Å². The number of rotatable bonds is 10. The summed E-state index contributed by atoms with van der Waals surface area (Å²) in [7, 11) is 1.59. The van der Waals surface area contributed by atoms with E-state index in [4.69, 9.17) is 9.47 Å². The molecule has 0 aliphatic carbocycles. The lowest BCUT2D eigenvalue weighted by molar-refractivity contribution is 0.0531. The van der Waals surface area contributed by atoms with Crippen molar-refractivity contribution in [2.45, 2.75) is 47.0 Å². The molecule has 33 heavy (non-hydrogen) atoms. The first-order chi connectivity index (χ1) is 15.9. The van der Waals surface area contributed by atoms with Crippen LogP contribution in [0, 0.1) is 13.8 Å². The van der Waals surface area contributed by atoms with Crippen molar-refractivity contribution in [1.82, 2.24) is 20.0 Å². The maximum Gasteiger partial charge on any atom is 0.350 e. The minimum absolute atomic E-state index is 0.236. The molecule has 0 saturated carbocycles. The molecule has 3 aromatic rings. The van der Waals surface area contributed by atoms with Crippen LogP contribution in [0.4, 0.5) is 5.13 Å². The zero-order chi connectivity index (χ0) is 24.0. The molecular weight excluding hydrogens is 442 g/mol. The number of anilines is 1. The zero-order valence-corrected chi connectivity index (χ0v) is 20.4.